The fourth-order valence-electron chi connectivity index (χ4n) is 1.75. The van der Waals surface area contributed by atoms with Gasteiger partial charge in [-0.25, -0.2) is 0 Å². The van der Waals surface area contributed by atoms with Gasteiger partial charge in [0.15, 0.2) is 0 Å². The van der Waals surface area contributed by atoms with Crippen LogP contribution in [0.5, 0.6) is 0 Å². The van der Waals surface area contributed by atoms with E-state index in [1.807, 2.05) is 18.3 Å². The van der Waals surface area contributed by atoms with Gasteiger partial charge in [0.1, 0.15) is 0 Å². The first kappa shape index (κ1) is 11.4. The van der Waals surface area contributed by atoms with Crippen molar-refractivity contribution in [2.24, 2.45) is 0 Å². The minimum atomic E-state index is 0.177. The highest BCUT2D eigenvalue weighted by atomic mass is 79.9. The van der Waals surface area contributed by atoms with Crippen LogP contribution in [0.2, 0.25) is 0 Å². The van der Waals surface area contributed by atoms with E-state index in [1.54, 1.807) is 0 Å². The molecule has 2 rings (SSSR count). The SMILES string of the molecule is ClCC1(NCc2ccc(Br)cn2)CCC1. The molecule has 1 saturated carbocycles. The molecule has 4 heteroatoms. The van der Waals surface area contributed by atoms with Gasteiger partial charge < -0.3 is 5.32 Å². The largest absolute Gasteiger partial charge is 0.304 e. The van der Waals surface area contributed by atoms with Gasteiger partial charge in [0.05, 0.1) is 5.69 Å². The summed E-state index contributed by atoms with van der Waals surface area (Å²) in [5.41, 5.74) is 1.24. The zero-order chi connectivity index (χ0) is 10.7. The van der Waals surface area contributed by atoms with Gasteiger partial charge in [0, 0.05) is 28.6 Å². The third-order valence-corrected chi connectivity index (χ3v) is 3.98. The van der Waals surface area contributed by atoms with E-state index in [0.717, 1.165) is 16.7 Å². The van der Waals surface area contributed by atoms with Gasteiger partial charge in [-0.15, -0.1) is 11.6 Å². The second-order valence-electron chi connectivity index (χ2n) is 4.09. The fourth-order valence-corrected chi connectivity index (χ4v) is 2.35. The van der Waals surface area contributed by atoms with Crippen LogP contribution < -0.4 is 5.32 Å². The second kappa shape index (κ2) is 4.81. The Balaban J connectivity index is 1.90. The van der Waals surface area contributed by atoms with Gasteiger partial charge in [0.25, 0.3) is 0 Å². The first-order valence-corrected chi connectivity index (χ1v) is 6.48. The number of nitrogens with one attached hydrogen (secondary N) is 1. The van der Waals surface area contributed by atoms with E-state index >= 15 is 0 Å². The van der Waals surface area contributed by atoms with Crippen molar-refractivity contribution in [1.82, 2.24) is 10.3 Å². The smallest absolute Gasteiger partial charge is 0.0542 e. The highest BCUT2D eigenvalue weighted by molar-refractivity contribution is 9.10. The minimum absolute atomic E-state index is 0.177. The monoisotopic (exact) mass is 288 g/mol. The number of pyridine rings is 1. The van der Waals surface area contributed by atoms with Crippen molar-refractivity contribution in [3.8, 4) is 0 Å². The molecule has 1 aromatic heterocycles. The molecular formula is C11H14BrClN2. The quantitative estimate of drug-likeness (QED) is 0.862. The average molecular weight is 290 g/mol. The molecule has 0 amide bonds. The number of nitrogens with zero attached hydrogens (tertiary/aromatic N) is 1. The van der Waals surface area contributed by atoms with Crippen LogP contribution in [0.4, 0.5) is 0 Å². The summed E-state index contributed by atoms with van der Waals surface area (Å²) in [5.74, 6) is 0.698. The molecule has 0 bridgehead atoms. The van der Waals surface area contributed by atoms with Gasteiger partial charge >= 0.3 is 0 Å². The van der Waals surface area contributed by atoms with Crippen LogP contribution >= 0.6 is 27.5 Å². The Hall–Kier alpha value is -0.120. The molecule has 0 radical (unpaired) electrons. The number of halogens is 2. The van der Waals surface area contributed by atoms with E-state index in [-0.39, 0.29) is 5.54 Å². The lowest BCUT2D eigenvalue weighted by Crippen LogP contribution is -2.52. The van der Waals surface area contributed by atoms with Gasteiger partial charge in [0.2, 0.25) is 0 Å². The number of rotatable bonds is 4. The van der Waals surface area contributed by atoms with Crippen LogP contribution in [0.1, 0.15) is 25.0 Å². The topological polar surface area (TPSA) is 24.9 Å². The lowest BCUT2D eigenvalue weighted by Gasteiger charge is -2.41. The molecule has 1 N–H and O–H groups in total. The first-order chi connectivity index (χ1) is 7.24. The van der Waals surface area contributed by atoms with Crippen LogP contribution in [-0.4, -0.2) is 16.4 Å². The highest BCUT2D eigenvalue weighted by Gasteiger charge is 2.35. The molecule has 0 spiro atoms. The standard InChI is InChI=1S/C11H14BrClN2/c12-9-2-3-10(14-6-9)7-15-11(8-13)4-1-5-11/h2-3,6,15H,1,4-5,7-8H2. The number of alkyl halides is 1. The predicted molar refractivity (Wildman–Crippen MR) is 66.1 cm³/mol. The molecule has 0 aliphatic heterocycles. The number of hydrogen-bond donors (Lipinski definition) is 1. The van der Waals surface area contributed by atoms with E-state index in [2.05, 4.69) is 26.2 Å². The average Bonchev–Trinajstić information content (AvgIpc) is 2.20. The normalized spacial score (nSPS) is 18.5. The van der Waals surface area contributed by atoms with E-state index in [1.165, 1.54) is 19.3 Å². The van der Waals surface area contributed by atoms with Gasteiger partial charge in [-0.05, 0) is 47.3 Å². The first-order valence-electron chi connectivity index (χ1n) is 5.16. The molecule has 0 aromatic carbocycles. The summed E-state index contributed by atoms with van der Waals surface area (Å²) in [5, 5.41) is 3.51. The molecule has 1 heterocycles. The van der Waals surface area contributed by atoms with Gasteiger partial charge in [-0.3, -0.25) is 4.98 Å². The Labute approximate surface area is 104 Å². The van der Waals surface area contributed by atoms with Crippen molar-refractivity contribution in [1.29, 1.82) is 0 Å². The lowest BCUT2D eigenvalue weighted by molar-refractivity contribution is 0.210. The summed E-state index contributed by atoms with van der Waals surface area (Å²) < 4.78 is 1.02. The van der Waals surface area contributed by atoms with E-state index in [9.17, 15) is 0 Å². The summed E-state index contributed by atoms with van der Waals surface area (Å²) in [4.78, 5) is 4.32. The molecule has 0 saturated heterocycles. The maximum absolute atomic E-state index is 5.96. The second-order valence-corrected chi connectivity index (χ2v) is 5.27. The number of hydrogen-bond acceptors (Lipinski definition) is 2. The Kier molecular flexibility index (Phi) is 3.65. The van der Waals surface area contributed by atoms with E-state index in [0.29, 0.717) is 5.88 Å². The van der Waals surface area contributed by atoms with E-state index in [4.69, 9.17) is 11.6 Å². The summed E-state index contributed by atoms with van der Waals surface area (Å²) in [6.45, 7) is 0.806. The Morgan fingerprint density at radius 2 is 2.27 bits per heavy atom. The molecule has 15 heavy (non-hydrogen) atoms. The van der Waals surface area contributed by atoms with Gasteiger partial charge in [-0.1, -0.05) is 0 Å². The third-order valence-electron chi connectivity index (χ3n) is 3.00. The van der Waals surface area contributed by atoms with Crippen LogP contribution in [-0.2, 0) is 6.54 Å². The molecule has 82 valence electrons. The van der Waals surface area contributed by atoms with Gasteiger partial charge in [-0.2, -0.15) is 0 Å². The predicted octanol–water partition coefficient (Wildman–Crippen LogP) is 3.10. The zero-order valence-electron chi connectivity index (χ0n) is 8.47. The summed E-state index contributed by atoms with van der Waals surface area (Å²) in [6.07, 6.45) is 5.48. The molecule has 2 nitrogen and oxygen atoms in total. The number of aromatic nitrogens is 1. The Morgan fingerprint density at radius 1 is 1.47 bits per heavy atom. The van der Waals surface area contributed by atoms with Crippen molar-refractivity contribution in [2.45, 2.75) is 31.3 Å². The molecule has 1 aromatic rings. The fraction of sp³-hybridized carbons (Fsp3) is 0.545. The van der Waals surface area contributed by atoms with Crippen molar-refractivity contribution in [2.75, 3.05) is 5.88 Å². The molecule has 0 atom stereocenters. The summed E-state index contributed by atoms with van der Waals surface area (Å²) in [7, 11) is 0. The molecular weight excluding hydrogens is 275 g/mol. The minimum Gasteiger partial charge on any atom is -0.304 e. The maximum Gasteiger partial charge on any atom is 0.0542 e. The van der Waals surface area contributed by atoms with Crippen molar-refractivity contribution in [3.63, 3.8) is 0 Å². The van der Waals surface area contributed by atoms with Crippen molar-refractivity contribution >= 4 is 27.5 Å². The van der Waals surface area contributed by atoms with Crippen LogP contribution in [0.3, 0.4) is 0 Å². The van der Waals surface area contributed by atoms with Crippen LogP contribution in [0, 0.1) is 0 Å². The lowest BCUT2D eigenvalue weighted by atomic mass is 9.78. The highest BCUT2D eigenvalue weighted by Crippen LogP contribution is 2.33. The van der Waals surface area contributed by atoms with Crippen LogP contribution in [0.25, 0.3) is 0 Å². The molecule has 1 fully saturated rings. The molecule has 0 unspecified atom stereocenters. The zero-order valence-corrected chi connectivity index (χ0v) is 10.8. The molecule has 1 aliphatic carbocycles. The van der Waals surface area contributed by atoms with E-state index < -0.39 is 0 Å². The molecule has 1 aliphatic rings. The third kappa shape index (κ3) is 2.71. The maximum atomic E-state index is 5.96. The Morgan fingerprint density at radius 3 is 2.73 bits per heavy atom. The summed E-state index contributed by atoms with van der Waals surface area (Å²) >= 11 is 9.33. The Bertz CT molecular complexity index is 316. The van der Waals surface area contributed by atoms with Crippen molar-refractivity contribution in [3.05, 3.63) is 28.5 Å². The van der Waals surface area contributed by atoms with Crippen LogP contribution in [0.15, 0.2) is 22.8 Å². The summed E-state index contributed by atoms with van der Waals surface area (Å²) in [6, 6.07) is 4.04. The van der Waals surface area contributed by atoms with Crippen molar-refractivity contribution < 1.29 is 0 Å².